The average Bonchev–Trinajstić information content (AvgIpc) is 2.87. The lowest BCUT2D eigenvalue weighted by molar-refractivity contribution is -0.150. The van der Waals surface area contributed by atoms with Gasteiger partial charge in [0.2, 0.25) is 0 Å². The van der Waals surface area contributed by atoms with E-state index in [4.69, 9.17) is 4.74 Å². The van der Waals surface area contributed by atoms with Gasteiger partial charge in [-0.05, 0) is 51.1 Å². The number of hydrogen-bond acceptors (Lipinski definition) is 3. The van der Waals surface area contributed by atoms with E-state index in [1.807, 2.05) is 0 Å². The van der Waals surface area contributed by atoms with Crippen molar-refractivity contribution < 1.29 is 13.9 Å². The number of benzene rings is 1. The number of unbranched alkanes of at least 4 members (excludes halogenated alkanes) is 1. The number of ether oxygens (including phenoxy) is 1. The number of alkyl halides is 1. The van der Waals surface area contributed by atoms with Crippen LogP contribution < -0.4 is 0 Å². The molecule has 1 aromatic carbocycles. The number of rotatable bonds is 6. The topological polar surface area (TPSA) is 29.5 Å². The molecule has 4 heteroatoms. The van der Waals surface area contributed by atoms with Crippen molar-refractivity contribution in [3.8, 4) is 0 Å². The van der Waals surface area contributed by atoms with E-state index in [1.54, 1.807) is 0 Å². The molecule has 0 aromatic heterocycles. The molecule has 2 bridgehead atoms. The van der Waals surface area contributed by atoms with E-state index in [-0.39, 0.29) is 30.5 Å². The van der Waals surface area contributed by atoms with Gasteiger partial charge >= 0.3 is 5.97 Å². The highest BCUT2D eigenvalue weighted by molar-refractivity contribution is 5.75. The zero-order chi connectivity index (χ0) is 17.1. The summed E-state index contributed by atoms with van der Waals surface area (Å²) in [5, 5.41) is 0. The van der Waals surface area contributed by atoms with Gasteiger partial charge in [0.05, 0.1) is 19.7 Å². The first-order valence-corrected chi connectivity index (χ1v) is 9.11. The third-order valence-corrected chi connectivity index (χ3v) is 5.84. The Balaban J connectivity index is 1.83. The van der Waals surface area contributed by atoms with E-state index < -0.39 is 0 Å². The monoisotopic (exact) mass is 333 g/mol. The summed E-state index contributed by atoms with van der Waals surface area (Å²) in [5.41, 5.74) is 2.48. The minimum Gasteiger partial charge on any atom is -0.469 e. The van der Waals surface area contributed by atoms with Crippen LogP contribution in [0.1, 0.15) is 49.1 Å². The zero-order valence-electron chi connectivity index (χ0n) is 14.7. The molecule has 24 heavy (non-hydrogen) atoms. The number of carbonyl (C=O) groups is 1. The van der Waals surface area contributed by atoms with Crippen molar-refractivity contribution in [1.29, 1.82) is 0 Å². The maximum absolute atomic E-state index is 12.6. The maximum Gasteiger partial charge on any atom is 0.310 e. The molecule has 2 saturated heterocycles. The number of halogens is 1. The van der Waals surface area contributed by atoms with Crippen molar-refractivity contribution in [1.82, 2.24) is 4.90 Å². The largest absolute Gasteiger partial charge is 0.469 e. The molecular formula is C20H28FNO2. The highest BCUT2D eigenvalue weighted by Crippen LogP contribution is 2.47. The smallest absolute Gasteiger partial charge is 0.310 e. The quantitative estimate of drug-likeness (QED) is 0.585. The third-order valence-electron chi connectivity index (χ3n) is 5.84. The van der Waals surface area contributed by atoms with Gasteiger partial charge in [0.15, 0.2) is 0 Å². The number of piperidine rings is 1. The SMILES string of the molecule is COC(=O)[C@H]1[C@@H](c2ccc(C)cc2)C[C@@H]2CC[C@H]1N2CCCCF. The molecular weight excluding hydrogens is 305 g/mol. The predicted molar refractivity (Wildman–Crippen MR) is 92.8 cm³/mol. The van der Waals surface area contributed by atoms with E-state index >= 15 is 0 Å². The van der Waals surface area contributed by atoms with Gasteiger partial charge in [-0.2, -0.15) is 0 Å². The fourth-order valence-corrected chi connectivity index (χ4v) is 4.66. The summed E-state index contributed by atoms with van der Waals surface area (Å²) in [7, 11) is 1.49. The Kier molecular flexibility index (Phi) is 5.54. The van der Waals surface area contributed by atoms with Crippen LogP contribution >= 0.6 is 0 Å². The molecule has 0 N–H and O–H groups in total. The molecule has 0 aliphatic carbocycles. The fraction of sp³-hybridized carbons (Fsp3) is 0.650. The van der Waals surface area contributed by atoms with Gasteiger partial charge in [0.25, 0.3) is 0 Å². The first kappa shape index (κ1) is 17.4. The summed E-state index contributed by atoms with van der Waals surface area (Å²) in [6.45, 7) is 2.72. The van der Waals surface area contributed by atoms with Crippen LogP contribution in [0.4, 0.5) is 4.39 Å². The van der Waals surface area contributed by atoms with Gasteiger partial charge in [-0.3, -0.25) is 14.1 Å². The Morgan fingerprint density at radius 1 is 1.25 bits per heavy atom. The summed E-state index contributed by atoms with van der Waals surface area (Å²) < 4.78 is 17.6. The van der Waals surface area contributed by atoms with Crippen LogP contribution in [-0.2, 0) is 9.53 Å². The van der Waals surface area contributed by atoms with Gasteiger partial charge in [0.1, 0.15) is 0 Å². The van der Waals surface area contributed by atoms with Crippen molar-refractivity contribution in [2.45, 2.75) is 57.0 Å². The minimum absolute atomic E-state index is 0.0959. The second-order valence-electron chi connectivity index (χ2n) is 7.23. The Bertz CT molecular complexity index is 559. The van der Waals surface area contributed by atoms with Gasteiger partial charge in [-0.25, -0.2) is 0 Å². The zero-order valence-corrected chi connectivity index (χ0v) is 14.7. The van der Waals surface area contributed by atoms with Crippen molar-refractivity contribution >= 4 is 5.97 Å². The number of fused-ring (bicyclic) bond motifs is 2. The molecule has 2 heterocycles. The average molecular weight is 333 g/mol. The van der Waals surface area contributed by atoms with Crippen molar-refractivity contribution in [3.05, 3.63) is 35.4 Å². The summed E-state index contributed by atoms with van der Waals surface area (Å²) in [6.07, 6.45) is 4.65. The Labute approximate surface area is 144 Å². The highest BCUT2D eigenvalue weighted by atomic mass is 19.1. The van der Waals surface area contributed by atoms with Crippen molar-refractivity contribution in [2.24, 2.45) is 5.92 Å². The summed E-state index contributed by atoms with van der Waals surface area (Å²) in [6, 6.07) is 9.32. The van der Waals surface area contributed by atoms with Gasteiger partial charge in [0, 0.05) is 18.0 Å². The van der Waals surface area contributed by atoms with Crippen LogP contribution in [0.2, 0.25) is 0 Å². The predicted octanol–water partition coefficient (Wildman–Crippen LogP) is 3.85. The lowest BCUT2D eigenvalue weighted by Crippen LogP contribution is -2.51. The number of hydrogen-bond donors (Lipinski definition) is 0. The molecule has 0 spiro atoms. The molecule has 132 valence electrons. The van der Waals surface area contributed by atoms with Gasteiger partial charge in [-0.15, -0.1) is 0 Å². The molecule has 2 aliphatic heterocycles. The lowest BCUT2D eigenvalue weighted by atomic mass is 9.75. The number of aryl methyl sites for hydroxylation is 1. The Morgan fingerprint density at radius 2 is 2.00 bits per heavy atom. The second-order valence-corrected chi connectivity index (χ2v) is 7.23. The van der Waals surface area contributed by atoms with E-state index in [0.29, 0.717) is 12.5 Å². The Hall–Kier alpha value is -1.42. The molecule has 2 aliphatic rings. The molecule has 0 amide bonds. The number of carbonyl (C=O) groups excluding carboxylic acids is 1. The van der Waals surface area contributed by atoms with Crippen LogP contribution in [0.25, 0.3) is 0 Å². The van der Waals surface area contributed by atoms with E-state index in [9.17, 15) is 9.18 Å². The molecule has 4 atom stereocenters. The van der Waals surface area contributed by atoms with Crippen LogP contribution in [0, 0.1) is 12.8 Å². The standard InChI is InChI=1S/C20H28FNO2/c1-14-5-7-15(8-6-14)17-13-16-9-10-18(19(17)20(23)24-2)22(16)12-4-3-11-21/h5-8,16-19H,3-4,9-13H2,1-2H3/t16-,17+,18+,19-/m0/s1. The number of nitrogens with zero attached hydrogens (tertiary/aromatic N) is 1. The summed E-state index contributed by atoms with van der Waals surface area (Å²) in [5.74, 6) is 0.0243. The van der Waals surface area contributed by atoms with Gasteiger partial charge < -0.3 is 4.74 Å². The van der Waals surface area contributed by atoms with Gasteiger partial charge in [-0.1, -0.05) is 29.8 Å². The molecule has 0 unspecified atom stereocenters. The summed E-state index contributed by atoms with van der Waals surface area (Å²) in [4.78, 5) is 15.0. The van der Waals surface area contributed by atoms with Crippen molar-refractivity contribution in [3.63, 3.8) is 0 Å². The fourth-order valence-electron chi connectivity index (χ4n) is 4.66. The molecule has 2 fully saturated rings. The molecule has 0 saturated carbocycles. The molecule has 0 radical (unpaired) electrons. The van der Waals surface area contributed by atoms with Crippen LogP contribution in [0.15, 0.2) is 24.3 Å². The number of esters is 1. The molecule has 3 rings (SSSR count). The van der Waals surface area contributed by atoms with E-state index in [0.717, 1.165) is 32.2 Å². The molecule has 1 aromatic rings. The van der Waals surface area contributed by atoms with E-state index in [1.165, 1.54) is 18.2 Å². The normalized spacial score (nSPS) is 29.6. The van der Waals surface area contributed by atoms with E-state index in [2.05, 4.69) is 36.1 Å². The highest BCUT2D eigenvalue weighted by Gasteiger charge is 2.50. The lowest BCUT2D eigenvalue weighted by Gasteiger charge is -2.43. The van der Waals surface area contributed by atoms with Crippen LogP contribution in [-0.4, -0.2) is 43.3 Å². The van der Waals surface area contributed by atoms with Crippen LogP contribution in [0.5, 0.6) is 0 Å². The number of methoxy groups -OCH3 is 1. The van der Waals surface area contributed by atoms with Crippen molar-refractivity contribution in [2.75, 3.05) is 20.3 Å². The minimum atomic E-state index is -0.254. The third kappa shape index (κ3) is 3.34. The summed E-state index contributed by atoms with van der Waals surface area (Å²) >= 11 is 0. The maximum atomic E-state index is 12.6. The first-order valence-electron chi connectivity index (χ1n) is 9.11. The second kappa shape index (κ2) is 7.64. The Morgan fingerprint density at radius 3 is 2.67 bits per heavy atom. The van der Waals surface area contributed by atoms with Crippen LogP contribution in [0.3, 0.4) is 0 Å². The first-order chi connectivity index (χ1) is 11.7. The molecule has 3 nitrogen and oxygen atoms in total.